The van der Waals surface area contributed by atoms with Crippen LogP contribution in [-0.4, -0.2) is 48.6 Å². The molecule has 1 amide bonds. The summed E-state index contributed by atoms with van der Waals surface area (Å²) in [4.78, 5) is 38.7. The number of hydrogen-bond donors (Lipinski definition) is 6. The monoisotopic (exact) mass is 533 g/mol. The molecule has 0 bridgehead atoms. The Kier molecular flexibility index (Phi) is 4.91. The molecule has 39 heavy (non-hydrogen) atoms. The second kappa shape index (κ2) is 7.49. The summed E-state index contributed by atoms with van der Waals surface area (Å²) in [6.45, 7) is 8.25. The third kappa shape index (κ3) is 2.69. The number of aliphatic hydroxyl groups is 3. The number of carbonyl (C=O) groups is 3. The Hall–Kier alpha value is -3.69. The average molecular weight is 534 g/mol. The van der Waals surface area contributed by atoms with Crippen molar-refractivity contribution in [2.24, 2.45) is 17.1 Å². The predicted molar refractivity (Wildman–Crippen MR) is 140 cm³/mol. The number of aliphatic hydroxyl groups excluding tert-OH is 2. The predicted octanol–water partition coefficient (Wildman–Crippen LogP) is 2.97. The van der Waals surface area contributed by atoms with E-state index in [1.165, 1.54) is 0 Å². The summed E-state index contributed by atoms with van der Waals surface area (Å²) >= 11 is 0. The van der Waals surface area contributed by atoms with Crippen LogP contribution in [0, 0.1) is 18.3 Å². The van der Waals surface area contributed by atoms with Gasteiger partial charge in [0, 0.05) is 17.8 Å². The lowest BCUT2D eigenvalue weighted by atomic mass is 9.53. The molecule has 0 radical (unpaired) electrons. The first-order valence-electron chi connectivity index (χ1n) is 13.1. The van der Waals surface area contributed by atoms with Crippen LogP contribution in [0.15, 0.2) is 29.0 Å². The Bertz CT molecular complexity index is 1650. The van der Waals surface area contributed by atoms with E-state index in [1.54, 1.807) is 6.07 Å². The number of allylic oxidation sites excluding steroid dienone is 2. The van der Waals surface area contributed by atoms with E-state index in [0.717, 1.165) is 29.5 Å². The summed E-state index contributed by atoms with van der Waals surface area (Å²) in [5, 5.41) is 57.4. The van der Waals surface area contributed by atoms with Crippen molar-refractivity contribution in [1.29, 1.82) is 0 Å². The van der Waals surface area contributed by atoms with Crippen LogP contribution in [0.4, 0.5) is 0 Å². The largest absolute Gasteiger partial charge is 0.508 e. The molecule has 9 nitrogen and oxygen atoms in total. The number of hydrogen-bond acceptors (Lipinski definition) is 8. The molecule has 4 aliphatic rings. The zero-order chi connectivity index (χ0) is 28.6. The van der Waals surface area contributed by atoms with Gasteiger partial charge in [-0.3, -0.25) is 14.4 Å². The average Bonchev–Trinajstić information content (AvgIpc) is 3.19. The Morgan fingerprint density at radius 1 is 1.10 bits per heavy atom. The number of rotatable bonds is 1. The molecule has 0 saturated heterocycles. The van der Waals surface area contributed by atoms with E-state index in [4.69, 9.17) is 5.73 Å². The van der Waals surface area contributed by atoms with Gasteiger partial charge >= 0.3 is 0 Å². The van der Waals surface area contributed by atoms with Crippen molar-refractivity contribution >= 4 is 28.2 Å². The molecule has 0 aromatic heterocycles. The van der Waals surface area contributed by atoms with Gasteiger partial charge in [0.05, 0.1) is 17.1 Å². The maximum Gasteiger partial charge on any atom is 0.255 e. The Balaban J connectivity index is 1.75. The Morgan fingerprint density at radius 3 is 2.38 bits per heavy atom. The number of aromatic hydroxyl groups is 2. The van der Waals surface area contributed by atoms with E-state index >= 15 is 0 Å². The number of carbonyl (C=O) groups excluding carboxylic acids is 3. The number of Topliss-reactive ketones (excluding diaryl/α,β-unsaturated/α-hetero) is 2. The van der Waals surface area contributed by atoms with E-state index < -0.39 is 69.6 Å². The van der Waals surface area contributed by atoms with Gasteiger partial charge in [-0.2, -0.15) is 0 Å². The van der Waals surface area contributed by atoms with E-state index in [2.05, 4.69) is 19.9 Å². The second-order valence-electron chi connectivity index (χ2n) is 12.2. The van der Waals surface area contributed by atoms with Crippen LogP contribution in [0.1, 0.15) is 78.7 Å². The molecular formula is C30H31NO8. The molecule has 2 aromatic carbocycles. The molecule has 0 fully saturated rings. The first-order chi connectivity index (χ1) is 18.1. The van der Waals surface area contributed by atoms with E-state index in [0.29, 0.717) is 17.4 Å². The van der Waals surface area contributed by atoms with Gasteiger partial charge < -0.3 is 31.3 Å². The summed E-state index contributed by atoms with van der Waals surface area (Å²) < 4.78 is 0. The number of primary amides is 1. The van der Waals surface area contributed by atoms with Crippen LogP contribution < -0.4 is 5.73 Å². The lowest BCUT2D eigenvalue weighted by molar-refractivity contribution is -0.129. The number of nitrogens with two attached hydrogens (primary N) is 1. The highest BCUT2D eigenvalue weighted by Crippen LogP contribution is 2.65. The van der Waals surface area contributed by atoms with Crippen molar-refractivity contribution in [1.82, 2.24) is 0 Å². The van der Waals surface area contributed by atoms with Crippen molar-refractivity contribution in [3.63, 3.8) is 0 Å². The molecule has 4 aliphatic carbocycles. The summed E-state index contributed by atoms with van der Waals surface area (Å²) in [7, 11) is 0. The van der Waals surface area contributed by atoms with Gasteiger partial charge in [0.2, 0.25) is 5.78 Å². The second-order valence-corrected chi connectivity index (χ2v) is 12.2. The molecule has 0 aliphatic heterocycles. The third-order valence-electron chi connectivity index (χ3n) is 10.1. The number of fused-ring (bicyclic) bond motifs is 4. The van der Waals surface area contributed by atoms with Gasteiger partial charge in [-0.25, -0.2) is 0 Å². The summed E-state index contributed by atoms with van der Waals surface area (Å²) in [6.07, 6.45) is 2.00. The minimum atomic E-state index is -2.87. The first-order valence-corrected chi connectivity index (χ1v) is 13.1. The van der Waals surface area contributed by atoms with Crippen LogP contribution in [0.3, 0.4) is 0 Å². The van der Waals surface area contributed by atoms with Crippen LogP contribution in [0.2, 0.25) is 0 Å². The zero-order valence-electron chi connectivity index (χ0n) is 22.2. The fraction of sp³-hybridized carbons (Fsp3) is 0.433. The summed E-state index contributed by atoms with van der Waals surface area (Å²) in [5.74, 6) is -7.06. The molecule has 7 N–H and O–H groups in total. The fourth-order valence-corrected chi connectivity index (χ4v) is 8.22. The van der Waals surface area contributed by atoms with Crippen LogP contribution in [-0.2, 0) is 21.4 Å². The molecule has 0 heterocycles. The Labute approximate surface area is 224 Å². The number of phenolic OH excluding ortho intramolecular Hbond substituents is 2. The lowest BCUT2D eigenvalue weighted by Crippen LogP contribution is -2.57. The first kappa shape index (κ1) is 25.6. The summed E-state index contributed by atoms with van der Waals surface area (Å²) in [6, 6.07) is 1.54. The highest BCUT2D eigenvalue weighted by molar-refractivity contribution is 6.23. The number of benzene rings is 2. The molecule has 4 atom stereocenters. The fourth-order valence-electron chi connectivity index (χ4n) is 8.22. The standard InChI is InChI=1S/C30H31NO8/c1-11-8-15(32)19-17-13(10-29(22(11)17)12(2)6-5-7-28(29,3)4)18-21(24(19)35)26(37)30(39)14(23(18)34)9-16(33)20(25(30)36)27(31)38/h6,8,14,23,32,34-36,39H,5,7,9-10H2,1-4H3,(H2,31,38)/t14-,23+,29+,30-/m1/s1. The van der Waals surface area contributed by atoms with Gasteiger partial charge in [0.1, 0.15) is 22.8 Å². The topological polar surface area (TPSA) is 178 Å². The zero-order valence-corrected chi connectivity index (χ0v) is 22.2. The van der Waals surface area contributed by atoms with Crippen LogP contribution in [0.5, 0.6) is 11.5 Å². The van der Waals surface area contributed by atoms with Crippen molar-refractivity contribution in [2.75, 3.05) is 0 Å². The lowest BCUT2D eigenvalue weighted by Gasteiger charge is -2.50. The molecule has 0 unspecified atom stereocenters. The van der Waals surface area contributed by atoms with Gasteiger partial charge in [-0.05, 0) is 72.2 Å². The van der Waals surface area contributed by atoms with Crippen molar-refractivity contribution in [2.45, 2.75) is 70.5 Å². The smallest absolute Gasteiger partial charge is 0.255 e. The Morgan fingerprint density at radius 2 is 1.77 bits per heavy atom. The molecule has 2 aromatic rings. The highest BCUT2D eigenvalue weighted by atomic mass is 16.4. The molecule has 204 valence electrons. The maximum absolute atomic E-state index is 14.0. The minimum Gasteiger partial charge on any atom is -0.508 e. The van der Waals surface area contributed by atoms with Crippen LogP contribution >= 0.6 is 0 Å². The molecule has 1 spiro atoms. The van der Waals surface area contributed by atoms with Crippen molar-refractivity contribution in [3.8, 4) is 11.5 Å². The molecule has 9 heteroatoms. The number of phenols is 2. The van der Waals surface area contributed by atoms with Crippen molar-refractivity contribution < 1.29 is 39.9 Å². The normalized spacial score (nSPS) is 31.0. The number of amides is 1. The molecule has 0 saturated carbocycles. The molecule has 6 rings (SSSR count). The van der Waals surface area contributed by atoms with E-state index in [9.17, 15) is 39.9 Å². The van der Waals surface area contributed by atoms with Gasteiger partial charge in [0.25, 0.3) is 5.91 Å². The van der Waals surface area contributed by atoms with E-state index in [1.807, 2.05) is 13.8 Å². The molecular weight excluding hydrogens is 502 g/mol. The van der Waals surface area contributed by atoms with Crippen LogP contribution in [0.25, 0.3) is 10.8 Å². The third-order valence-corrected chi connectivity index (χ3v) is 10.1. The van der Waals surface area contributed by atoms with Crippen molar-refractivity contribution in [3.05, 3.63) is 56.9 Å². The van der Waals surface area contributed by atoms with Gasteiger partial charge in [0.15, 0.2) is 11.4 Å². The summed E-state index contributed by atoms with van der Waals surface area (Å²) in [5.41, 5.74) is 3.61. The SMILES string of the molecule is CC1=CCCC(C)(C)[C@@]12Cc1c3c(c(O)c4c(O)cc(C)c2c14)C(=O)[C@]1(O)C(O)=C(C(N)=O)C(=O)C[C@@H]1[C@@H]3O. The minimum absolute atomic E-state index is 0.0171. The quantitative estimate of drug-likeness (QED) is 0.239. The van der Waals surface area contributed by atoms with E-state index in [-0.39, 0.29) is 22.1 Å². The number of aryl methyl sites for hydroxylation is 1. The maximum atomic E-state index is 14.0. The number of ketones is 2. The van der Waals surface area contributed by atoms with Gasteiger partial charge in [-0.1, -0.05) is 25.5 Å². The van der Waals surface area contributed by atoms with Gasteiger partial charge in [-0.15, -0.1) is 0 Å². The highest BCUT2D eigenvalue weighted by Gasteiger charge is 2.63.